The second-order valence-electron chi connectivity index (χ2n) is 8.10. The highest BCUT2D eigenvalue weighted by atomic mass is 16.6. The number of methoxy groups -OCH3 is 1. The third-order valence-corrected chi connectivity index (χ3v) is 5.80. The highest BCUT2D eigenvalue weighted by molar-refractivity contribution is 5.72. The van der Waals surface area contributed by atoms with Crippen LogP contribution in [0.2, 0.25) is 0 Å². The summed E-state index contributed by atoms with van der Waals surface area (Å²) in [6.07, 6.45) is 5.80. The summed E-state index contributed by atoms with van der Waals surface area (Å²) < 4.78 is 15.4. The number of carbonyl (C=O) groups is 4. The van der Waals surface area contributed by atoms with Crippen molar-refractivity contribution < 1.29 is 33.4 Å². The molecule has 32 heavy (non-hydrogen) atoms. The number of ether oxygens (including phenoxy) is 3. The molecule has 1 N–H and O–H groups in total. The highest BCUT2D eigenvalue weighted by Crippen LogP contribution is 2.37. The lowest BCUT2D eigenvalue weighted by atomic mass is 9.89. The van der Waals surface area contributed by atoms with Gasteiger partial charge in [0.1, 0.15) is 18.1 Å². The van der Waals surface area contributed by atoms with Crippen LogP contribution in [-0.4, -0.2) is 43.6 Å². The molecule has 1 aliphatic rings. The van der Waals surface area contributed by atoms with Gasteiger partial charge < -0.3 is 24.3 Å². The summed E-state index contributed by atoms with van der Waals surface area (Å²) in [5, 5.41) is 2.77. The minimum Gasteiger partial charge on any atom is -0.469 e. The van der Waals surface area contributed by atoms with E-state index < -0.39 is 30.1 Å². The summed E-state index contributed by atoms with van der Waals surface area (Å²) in [5.41, 5.74) is 0. The molecule has 176 valence electrons. The number of unbranched alkanes of at least 4 members (excludes halogenated alkanes) is 4. The second kappa shape index (κ2) is 13.5. The average Bonchev–Trinajstić information content (AvgIpc) is 3.08. The maximum Gasteiger partial charge on any atom is 0.412 e. The van der Waals surface area contributed by atoms with Gasteiger partial charge in [-0.3, -0.25) is 9.59 Å². The first kappa shape index (κ1) is 25.4. The lowest BCUT2D eigenvalue weighted by Gasteiger charge is -2.22. The third-order valence-electron chi connectivity index (χ3n) is 5.80. The largest absolute Gasteiger partial charge is 0.469 e. The Morgan fingerprint density at radius 2 is 1.75 bits per heavy atom. The van der Waals surface area contributed by atoms with E-state index in [4.69, 9.17) is 9.47 Å². The molecule has 1 amide bonds. The van der Waals surface area contributed by atoms with Gasteiger partial charge in [-0.1, -0.05) is 43.9 Å². The van der Waals surface area contributed by atoms with Crippen molar-refractivity contribution in [3.63, 3.8) is 0 Å². The standard InChI is InChI=1S/C24H33NO7/c1-17(27)31-22-15-21(25-24(29)32-18-11-7-6-8-12-18)20(16-26)19(22)13-9-4-3-5-10-14-23(28)30-2/h6-8,11-12,16,19-22H,3-5,9-10,13-15H2,1-2H3,(H,25,29)/t19?,20-,21-,22+/m1/s1. The second-order valence-corrected chi connectivity index (χ2v) is 8.10. The zero-order chi connectivity index (χ0) is 23.3. The van der Waals surface area contributed by atoms with Gasteiger partial charge in [0.2, 0.25) is 0 Å². The fourth-order valence-corrected chi connectivity index (χ4v) is 4.26. The molecule has 0 heterocycles. The molecule has 1 unspecified atom stereocenters. The summed E-state index contributed by atoms with van der Waals surface area (Å²) in [6, 6.07) is 8.21. The van der Waals surface area contributed by atoms with Gasteiger partial charge in [-0.25, -0.2) is 4.79 Å². The molecule has 8 heteroatoms. The molecule has 0 bridgehead atoms. The molecule has 0 spiro atoms. The molecule has 1 fully saturated rings. The normalized spacial score (nSPS) is 22.1. The van der Waals surface area contributed by atoms with E-state index >= 15 is 0 Å². The summed E-state index contributed by atoms with van der Waals surface area (Å²) in [5.74, 6) is -0.806. The number of hydrogen-bond acceptors (Lipinski definition) is 7. The molecule has 2 rings (SSSR count). The SMILES string of the molecule is COC(=O)CCCCCCCC1[C@@H](OC(C)=O)C[C@@H](NC(=O)Oc2ccccc2)[C@@H]1C=O. The van der Waals surface area contributed by atoms with Gasteiger partial charge >= 0.3 is 18.0 Å². The molecule has 1 aliphatic carbocycles. The van der Waals surface area contributed by atoms with E-state index in [9.17, 15) is 19.2 Å². The van der Waals surface area contributed by atoms with E-state index in [2.05, 4.69) is 10.1 Å². The van der Waals surface area contributed by atoms with Crippen molar-refractivity contribution in [2.75, 3.05) is 7.11 Å². The van der Waals surface area contributed by atoms with Crippen LogP contribution in [0.5, 0.6) is 5.75 Å². The number of nitrogens with one attached hydrogen (secondary N) is 1. The van der Waals surface area contributed by atoms with Crippen molar-refractivity contribution in [2.24, 2.45) is 11.8 Å². The Kier molecular flexibility index (Phi) is 10.7. The first-order valence-electron chi connectivity index (χ1n) is 11.2. The zero-order valence-electron chi connectivity index (χ0n) is 18.8. The number of hydrogen-bond donors (Lipinski definition) is 1. The Morgan fingerprint density at radius 3 is 2.41 bits per heavy atom. The van der Waals surface area contributed by atoms with Gasteiger partial charge in [-0.2, -0.15) is 0 Å². The zero-order valence-corrected chi connectivity index (χ0v) is 18.8. The summed E-state index contributed by atoms with van der Waals surface area (Å²) in [4.78, 5) is 46.9. The number of para-hydroxylation sites is 1. The summed E-state index contributed by atoms with van der Waals surface area (Å²) in [7, 11) is 1.39. The van der Waals surface area contributed by atoms with Crippen LogP contribution in [-0.2, 0) is 23.9 Å². The van der Waals surface area contributed by atoms with Crippen molar-refractivity contribution in [3.05, 3.63) is 30.3 Å². The predicted molar refractivity (Wildman–Crippen MR) is 117 cm³/mol. The van der Waals surface area contributed by atoms with Crippen LogP contribution in [0, 0.1) is 11.8 Å². The van der Waals surface area contributed by atoms with Crippen LogP contribution in [0.1, 0.15) is 58.3 Å². The van der Waals surface area contributed by atoms with Crippen LogP contribution in [0.3, 0.4) is 0 Å². The van der Waals surface area contributed by atoms with Gasteiger partial charge in [0.15, 0.2) is 0 Å². The van der Waals surface area contributed by atoms with Crippen molar-refractivity contribution in [2.45, 2.75) is 70.4 Å². The van der Waals surface area contributed by atoms with Gasteiger partial charge in [0.25, 0.3) is 0 Å². The molecule has 0 saturated heterocycles. The highest BCUT2D eigenvalue weighted by Gasteiger charge is 2.45. The Hall–Kier alpha value is -2.90. The Labute approximate surface area is 189 Å². The minimum atomic E-state index is -0.638. The molecule has 0 aliphatic heterocycles. The molecule has 0 aromatic heterocycles. The van der Waals surface area contributed by atoms with E-state index in [-0.39, 0.29) is 11.9 Å². The summed E-state index contributed by atoms with van der Waals surface area (Å²) >= 11 is 0. The molecule has 0 radical (unpaired) electrons. The van der Waals surface area contributed by atoms with Gasteiger partial charge in [0, 0.05) is 37.6 Å². The predicted octanol–water partition coefficient (Wildman–Crippen LogP) is 3.81. The quantitative estimate of drug-likeness (QED) is 0.295. The lowest BCUT2D eigenvalue weighted by Crippen LogP contribution is -2.40. The first-order chi connectivity index (χ1) is 15.4. The maximum atomic E-state index is 12.3. The lowest BCUT2D eigenvalue weighted by molar-refractivity contribution is -0.149. The molecular formula is C24H33NO7. The summed E-state index contributed by atoms with van der Waals surface area (Å²) in [6.45, 7) is 1.35. The average molecular weight is 448 g/mol. The van der Waals surface area contributed by atoms with Crippen molar-refractivity contribution in [1.29, 1.82) is 0 Å². The number of rotatable bonds is 12. The van der Waals surface area contributed by atoms with Gasteiger partial charge in [0.05, 0.1) is 7.11 Å². The van der Waals surface area contributed by atoms with E-state index in [1.807, 2.05) is 6.07 Å². The number of amides is 1. The van der Waals surface area contributed by atoms with Crippen molar-refractivity contribution in [1.82, 2.24) is 5.32 Å². The molecular weight excluding hydrogens is 414 g/mol. The van der Waals surface area contributed by atoms with Crippen LogP contribution in [0.15, 0.2) is 30.3 Å². The Balaban J connectivity index is 1.86. The number of carbonyl (C=O) groups excluding carboxylic acids is 4. The monoisotopic (exact) mass is 447 g/mol. The van der Waals surface area contributed by atoms with Crippen LogP contribution in [0.25, 0.3) is 0 Å². The van der Waals surface area contributed by atoms with Gasteiger partial charge in [-0.15, -0.1) is 0 Å². The van der Waals surface area contributed by atoms with Crippen LogP contribution in [0.4, 0.5) is 4.79 Å². The molecule has 8 nitrogen and oxygen atoms in total. The van der Waals surface area contributed by atoms with Crippen molar-refractivity contribution in [3.8, 4) is 5.75 Å². The smallest absolute Gasteiger partial charge is 0.412 e. The van der Waals surface area contributed by atoms with E-state index in [0.717, 1.165) is 38.4 Å². The van der Waals surface area contributed by atoms with E-state index in [1.54, 1.807) is 24.3 Å². The molecule has 1 saturated carbocycles. The van der Waals surface area contributed by atoms with Crippen molar-refractivity contribution >= 4 is 24.3 Å². The number of benzene rings is 1. The van der Waals surface area contributed by atoms with Crippen LogP contribution < -0.4 is 10.1 Å². The van der Waals surface area contributed by atoms with Crippen LogP contribution >= 0.6 is 0 Å². The minimum absolute atomic E-state index is 0.159. The fraction of sp³-hybridized carbons (Fsp3) is 0.583. The Bertz CT molecular complexity index is 752. The number of aldehydes is 1. The molecule has 1 aromatic rings. The molecule has 1 aromatic carbocycles. The van der Waals surface area contributed by atoms with E-state index in [0.29, 0.717) is 25.0 Å². The topological polar surface area (TPSA) is 108 Å². The molecule has 4 atom stereocenters. The first-order valence-corrected chi connectivity index (χ1v) is 11.2. The van der Waals surface area contributed by atoms with Gasteiger partial charge in [-0.05, 0) is 25.0 Å². The van der Waals surface area contributed by atoms with E-state index in [1.165, 1.54) is 14.0 Å². The fourth-order valence-electron chi connectivity index (χ4n) is 4.26. The third kappa shape index (κ3) is 8.32. The number of esters is 2. The Morgan fingerprint density at radius 1 is 1.06 bits per heavy atom. The maximum absolute atomic E-state index is 12.3.